The quantitative estimate of drug-likeness (QED) is 0.594. The summed E-state index contributed by atoms with van der Waals surface area (Å²) >= 11 is 6.21. The molecule has 1 aromatic carbocycles. The normalized spacial score (nSPS) is 27.5. The lowest BCUT2D eigenvalue weighted by Crippen LogP contribution is -2.31. The molecule has 2 saturated heterocycles. The van der Waals surface area contributed by atoms with Crippen LogP contribution in [-0.2, 0) is 20.8 Å². The third kappa shape index (κ3) is 3.42. The summed E-state index contributed by atoms with van der Waals surface area (Å²) in [6.45, 7) is 4.07. The minimum Gasteiger partial charge on any atom is -0.394 e. The molecule has 0 spiro atoms. The Morgan fingerprint density at radius 2 is 1.93 bits per heavy atom. The Bertz CT molecular complexity index is 1060. The third-order valence-electron chi connectivity index (χ3n) is 5.28. The van der Waals surface area contributed by atoms with Gasteiger partial charge in [0.2, 0.25) is 5.28 Å². The highest BCUT2D eigenvalue weighted by molar-refractivity contribution is 6.28. The second kappa shape index (κ2) is 7.44. The predicted molar refractivity (Wildman–Crippen MR) is 109 cm³/mol. The summed E-state index contributed by atoms with van der Waals surface area (Å²) in [5, 5.41) is 13.1. The van der Waals surface area contributed by atoms with Crippen molar-refractivity contribution in [2.24, 2.45) is 0 Å². The molecular weight excluding hydrogens is 410 g/mol. The Hall–Kier alpha value is -2.30. The van der Waals surface area contributed by atoms with Crippen molar-refractivity contribution in [3.63, 3.8) is 0 Å². The summed E-state index contributed by atoms with van der Waals surface area (Å²) < 4.78 is 19.8. The molecular formula is C20H22ClN5O4. The van der Waals surface area contributed by atoms with Crippen molar-refractivity contribution in [1.82, 2.24) is 19.5 Å². The number of aromatic nitrogens is 4. The predicted octanol–water partition coefficient (Wildman–Crippen LogP) is 2.50. The molecule has 2 N–H and O–H groups in total. The van der Waals surface area contributed by atoms with Gasteiger partial charge in [-0.1, -0.05) is 30.3 Å². The number of hydrogen-bond donors (Lipinski definition) is 2. The first-order valence-corrected chi connectivity index (χ1v) is 10.1. The molecule has 158 valence electrons. The van der Waals surface area contributed by atoms with E-state index in [9.17, 15) is 5.11 Å². The van der Waals surface area contributed by atoms with Gasteiger partial charge in [-0.05, 0) is 31.0 Å². The van der Waals surface area contributed by atoms with E-state index in [0.29, 0.717) is 23.5 Å². The number of ether oxygens (including phenoxy) is 3. The highest BCUT2D eigenvalue weighted by Crippen LogP contribution is 2.43. The number of anilines is 1. The molecule has 30 heavy (non-hydrogen) atoms. The van der Waals surface area contributed by atoms with Gasteiger partial charge >= 0.3 is 0 Å². The van der Waals surface area contributed by atoms with Crippen molar-refractivity contribution in [2.45, 2.75) is 50.7 Å². The number of imidazole rings is 1. The fourth-order valence-corrected chi connectivity index (χ4v) is 4.18. The van der Waals surface area contributed by atoms with Gasteiger partial charge in [0, 0.05) is 6.54 Å². The minimum absolute atomic E-state index is 0.0944. The zero-order valence-electron chi connectivity index (χ0n) is 16.5. The minimum atomic E-state index is -0.768. The summed E-state index contributed by atoms with van der Waals surface area (Å²) in [5.41, 5.74) is 2.19. The number of aliphatic hydroxyl groups excluding tert-OH is 1. The molecule has 0 radical (unpaired) electrons. The van der Waals surface area contributed by atoms with Crippen molar-refractivity contribution in [3.8, 4) is 0 Å². The van der Waals surface area contributed by atoms with Gasteiger partial charge in [-0.3, -0.25) is 4.57 Å². The molecule has 0 aliphatic carbocycles. The molecule has 3 aromatic rings. The molecule has 4 atom stereocenters. The summed E-state index contributed by atoms with van der Waals surface area (Å²) in [7, 11) is 0. The zero-order valence-corrected chi connectivity index (χ0v) is 17.3. The maximum absolute atomic E-state index is 9.74. The Balaban J connectivity index is 1.48. The van der Waals surface area contributed by atoms with Gasteiger partial charge in [0.15, 0.2) is 29.0 Å². The lowest BCUT2D eigenvalue weighted by atomic mass is 10.1. The van der Waals surface area contributed by atoms with Crippen molar-refractivity contribution >= 4 is 28.6 Å². The van der Waals surface area contributed by atoms with E-state index in [1.807, 2.05) is 44.2 Å². The fourth-order valence-electron chi connectivity index (χ4n) is 4.01. The molecule has 2 aromatic heterocycles. The lowest BCUT2D eigenvalue weighted by Gasteiger charge is -2.24. The largest absolute Gasteiger partial charge is 0.394 e. The van der Waals surface area contributed by atoms with Crippen LogP contribution in [0.5, 0.6) is 0 Å². The molecule has 0 saturated carbocycles. The smallest absolute Gasteiger partial charge is 0.226 e. The molecule has 0 unspecified atom stereocenters. The van der Waals surface area contributed by atoms with E-state index in [1.165, 1.54) is 0 Å². The van der Waals surface area contributed by atoms with Crippen LogP contribution >= 0.6 is 11.6 Å². The first kappa shape index (κ1) is 19.7. The van der Waals surface area contributed by atoms with E-state index in [0.717, 1.165) is 5.56 Å². The van der Waals surface area contributed by atoms with E-state index in [1.54, 1.807) is 10.9 Å². The van der Waals surface area contributed by atoms with Crippen LogP contribution in [0.4, 0.5) is 5.82 Å². The SMILES string of the molecule is CC1(C)O[C@@H]2[C@H](O1)[C@@H](CO)O[C@H]2n1cnc2c(NCc3ccccc3)nc(Cl)nc21. The molecule has 10 heteroatoms. The van der Waals surface area contributed by atoms with Crippen molar-refractivity contribution in [2.75, 3.05) is 11.9 Å². The second-order valence-electron chi connectivity index (χ2n) is 7.82. The average Bonchev–Trinajstić information content (AvgIpc) is 3.37. The maximum Gasteiger partial charge on any atom is 0.226 e. The van der Waals surface area contributed by atoms with Crippen LogP contribution in [0.25, 0.3) is 11.2 Å². The highest BCUT2D eigenvalue weighted by atomic mass is 35.5. The molecule has 0 bridgehead atoms. The maximum atomic E-state index is 9.74. The van der Waals surface area contributed by atoms with Crippen LogP contribution in [0.15, 0.2) is 36.7 Å². The summed E-state index contributed by atoms with van der Waals surface area (Å²) in [5.74, 6) is -0.235. The van der Waals surface area contributed by atoms with Crippen LogP contribution in [0.3, 0.4) is 0 Å². The molecule has 4 heterocycles. The number of nitrogens with zero attached hydrogens (tertiary/aromatic N) is 4. The number of fused-ring (bicyclic) bond motifs is 2. The number of benzene rings is 1. The molecule has 0 amide bonds. The van der Waals surface area contributed by atoms with Crippen molar-refractivity contribution in [1.29, 1.82) is 0 Å². The van der Waals surface area contributed by atoms with Gasteiger partial charge in [0.25, 0.3) is 0 Å². The Labute approximate surface area is 178 Å². The molecule has 2 fully saturated rings. The van der Waals surface area contributed by atoms with Crippen LogP contribution in [-0.4, -0.2) is 55.3 Å². The van der Waals surface area contributed by atoms with E-state index in [2.05, 4.69) is 20.3 Å². The van der Waals surface area contributed by atoms with Gasteiger partial charge in [0.05, 0.1) is 12.9 Å². The topological polar surface area (TPSA) is 104 Å². The molecule has 2 aliphatic rings. The number of nitrogens with one attached hydrogen (secondary N) is 1. The van der Waals surface area contributed by atoms with Crippen molar-refractivity contribution in [3.05, 3.63) is 47.5 Å². The Kier molecular flexibility index (Phi) is 4.87. The van der Waals surface area contributed by atoms with E-state index >= 15 is 0 Å². The van der Waals surface area contributed by atoms with E-state index in [-0.39, 0.29) is 18.0 Å². The van der Waals surface area contributed by atoms with Crippen LogP contribution in [0.1, 0.15) is 25.6 Å². The molecule has 2 aliphatic heterocycles. The van der Waals surface area contributed by atoms with Gasteiger partial charge in [0.1, 0.15) is 18.3 Å². The van der Waals surface area contributed by atoms with Crippen LogP contribution < -0.4 is 5.32 Å². The van der Waals surface area contributed by atoms with Crippen LogP contribution in [0.2, 0.25) is 5.28 Å². The first-order chi connectivity index (χ1) is 14.4. The average molecular weight is 432 g/mol. The van der Waals surface area contributed by atoms with E-state index < -0.39 is 24.2 Å². The summed E-state index contributed by atoms with van der Waals surface area (Å²) in [4.78, 5) is 13.2. The van der Waals surface area contributed by atoms with Crippen LogP contribution in [0, 0.1) is 0 Å². The van der Waals surface area contributed by atoms with Gasteiger partial charge in [-0.25, -0.2) is 4.98 Å². The van der Waals surface area contributed by atoms with Gasteiger partial charge in [-0.2, -0.15) is 9.97 Å². The summed E-state index contributed by atoms with van der Waals surface area (Å²) in [6.07, 6.45) is -0.247. The standard InChI is InChI=1S/C20H22ClN5O4/c1-20(2)29-14-12(9-27)28-18(15(14)30-20)26-10-23-13-16(24-19(21)25-17(13)26)22-8-11-6-4-3-5-7-11/h3-7,10,12,14-15,18,27H,8-9H2,1-2H3,(H,22,24,25)/t12-,14-,15-,18-/m1/s1. The zero-order chi connectivity index (χ0) is 20.9. The van der Waals surface area contributed by atoms with E-state index in [4.69, 9.17) is 25.8 Å². The number of rotatable bonds is 5. The molecule has 5 rings (SSSR count). The first-order valence-electron chi connectivity index (χ1n) is 9.75. The van der Waals surface area contributed by atoms with Gasteiger partial charge < -0.3 is 24.6 Å². The third-order valence-corrected chi connectivity index (χ3v) is 5.45. The molecule has 9 nitrogen and oxygen atoms in total. The van der Waals surface area contributed by atoms with Gasteiger partial charge in [-0.15, -0.1) is 0 Å². The fraction of sp³-hybridized carbons (Fsp3) is 0.450. The lowest BCUT2D eigenvalue weighted by molar-refractivity contribution is -0.199. The number of halogens is 1. The monoisotopic (exact) mass is 431 g/mol. The Morgan fingerprint density at radius 1 is 1.17 bits per heavy atom. The Morgan fingerprint density at radius 3 is 2.70 bits per heavy atom. The highest BCUT2D eigenvalue weighted by Gasteiger charge is 2.56. The number of hydrogen-bond acceptors (Lipinski definition) is 8. The summed E-state index contributed by atoms with van der Waals surface area (Å²) in [6, 6.07) is 9.96. The second-order valence-corrected chi connectivity index (χ2v) is 8.15. The number of aliphatic hydroxyl groups is 1. The van der Waals surface area contributed by atoms with Crippen molar-refractivity contribution < 1.29 is 19.3 Å².